The molecule has 0 aromatic carbocycles. The maximum Gasteiger partial charge on any atom is 0.312 e. The van der Waals surface area contributed by atoms with Gasteiger partial charge in [-0.25, -0.2) is 0 Å². The zero-order valence-electron chi connectivity index (χ0n) is 24.1. The molecular weight excluding hydrogens is 514 g/mol. The number of fused-ring (bicyclic) bond motifs is 1. The van der Waals surface area contributed by atoms with Gasteiger partial charge in [0.1, 0.15) is 17.6 Å². The van der Waals surface area contributed by atoms with Crippen molar-refractivity contribution < 1.29 is 33.7 Å². The number of aliphatic hydroxyl groups excluding tert-OH is 1. The quantitative estimate of drug-likeness (QED) is 0.173. The molecule has 224 valence electrons. The number of hydrogen-bond donors (Lipinski definition) is 1. The summed E-state index contributed by atoms with van der Waals surface area (Å²) in [5, 5.41) is 9.60. The topological polar surface area (TPSA) is 109 Å². The molecule has 2 unspecified atom stereocenters. The third kappa shape index (κ3) is 5.73. The largest absolute Gasteiger partial charge is 0.465 e. The van der Waals surface area contributed by atoms with Crippen LogP contribution in [0.15, 0.2) is 25.3 Å². The highest BCUT2D eigenvalue weighted by atomic mass is 16.6. The third-order valence-corrected chi connectivity index (χ3v) is 9.22. The van der Waals surface area contributed by atoms with Crippen LogP contribution in [-0.4, -0.2) is 121 Å². The lowest BCUT2D eigenvalue weighted by atomic mass is 9.65. The van der Waals surface area contributed by atoms with Gasteiger partial charge in [-0.1, -0.05) is 19.1 Å². The van der Waals surface area contributed by atoms with Crippen molar-refractivity contribution in [3.05, 3.63) is 25.3 Å². The Morgan fingerprint density at radius 2 is 1.93 bits per heavy atom. The first-order valence-corrected chi connectivity index (χ1v) is 15.0. The van der Waals surface area contributed by atoms with Crippen LogP contribution in [0.1, 0.15) is 51.9 Å². The van der Waals surface area contributed by atoms with Gasteiger partial charge in [0, 0.05) is 45.9 Å². The van der Waals surface area contributed by atoms with Crippen molar-refractivity contribution in [3.63, 3.8) is 0 Å². The van der Waals surface area contributed by atoms with E-state index >= 15 is 0 Å². The number of rotatable bonds is 16. The summed E-state index contributed by atoms with van der Waals surface area (Å²) in [4.78, 5) is 47.6. The molecule has 0 aromatic heterocycles. The zero-order chi connectivity index (χ0) is 28.8. The fourth-order valence-corrected chi connectivity index (χ4v) is 7.20. The molecule has 10 heteroatoms. The van der Waals surface area contributed by atoms with E-state index in [1.807, 2.05) is 13.0 Å². The lowest BCUT2D eigenvalue weighted by Gasteiger charge is -2.37. The van der Waals surface area contributed by atoms with Crippen LogP contribution in [0.4, 0.5) is 0 Å². The molecule has 40 heavy (non-hydrogen) atoms. The summed E-state index contributed by atoms with van der Waals surface area (Å²) in [6.45, 7) is 14.5. The van der Waals surface area contributed by atoms with Crippen LogP contribution in [-0.2, 0) is 28.6 Å². The number of nitrogens with zero attached hydrogens (tertiary/aromatic N) is 3. The highest BCUT2D eigenvalue weighted by Gasteiger charge is 2.79. The number of amides is 2. The number of aliphatic hydroxyl groups is 1. The summed E-state index contributed by atoms with van der Waals surface area (Å²) in [6, 6.07) is -0.861. The number of esters is 1. The Hall–Kier alpha value is -2.27. The van der Waals surface area contributed by atoms with Crippen molar-refractivity contribution in [1.29, 1.82) is 0 Å². The molecule has 0 aromatic rings. The van der Waals surface area contributed by atoms with Gasteiger partial charge >= 0.3 is 5.97 Å². The molecule has 0 aliphatic carbocycles. The molecule has 2 bridgehead atoms. The van der Waals surface area contributed by atoms with E-state index in [4.69, 9.17) is 14.2 Å². The number of unbranched alkanes of at least 4 members (excludes halogenated alkanes) is 2. The number of morpholine rings is 1. The normalized spacial score (nSPS) is 31.3. The molecule has 1 spiro atoms. The third-order valence-electron chi connectivity index (χ3n) is 9.22. The molecular formula is C30H47N3O7. The van der Waals surface area contributed by atoms with Gasteiger partial charge < -0.3 is 29.1 Å². The van der Waals surface area contributed by atoms with Crippen molar-refractivity contribution in [3.8, 4) is 0 Å². The Balaban J connectivity index is 1.60. The van der Waals surface area contributed by atoms with E-state index in [9.17, 15) is 19.5 Å². The molecule has 5 atom stereocenters. The van der Waals surface area contributed by atoms with Crippen molar-refractivity contribution >= 4 is 17.8 Å². The number of carbonyl (C=O) groups is 3. The van der Waals surface area contributed by atoms with E-state index in [2.05, 4.69) is 18.1 Å². The van der Waals surface area contributed by atoms with Crippen LogP contribution in [0, 0.1) is 11.8 Å². The summed E-state index contributed by atoms with van der Waals surface area (Å²) in [7, 11) is 0. The molecule has 0 radical (unpaired) electrons. The summed E-state index contributed by atoms with van der Waals surface area (Å²) in [5.74, 6) is -2.38. The first-order chi connectivity index (χ1) is 19.4. The number of hydrogen-bond acceptors (Lipinski definition) is 8. The highest BCUT2D eigenvalue weighted by molar-refractivity contribution is 5.98. The maximum absolute atomic E-state index is 14.4. The summed E-state index contributed by atoms with van der Waals surface area (Å²) < 4.78 is 18.0. The van der Waals surface area contributed by atoms with Crippen molar-refractivity contribution in [2.24, 2.45) is 11.8 Å². The molecule has 4 fully saturated rings. The van der Waals surface area contributed by atoms with Gasteiger partial charge in [0.2, 0.25) is 11.8 Å². The van der Waals surface area contributed by atoms with Gasteiger partial charge in [-0.15, -0.1) is 13.2 Å². The van der Waals surface area contributed by atoms with Crippen molar-refractivity contribution in [1.82, 2.24) is 14.7 Å². The SMILES string of the molecule is C=CCCCCOC(=O)[C@H]1[C@H]2C(=O)N(CCCO)C(C(=O)N(CC=C)CCN3CCOCC3)C23CC[C@]1(CC)O3. The van der Waals surface area contributed by atoms with Gasteiger partial charge in [-0.05, 0) is 44.9 Å². The lowest BCUT2D eigenvalue weighted by molar-refractivity contribution is -0.162. The zero-order valence-corrected chi connectivity index (χ0v) is 24.1. The average Bonchev–Trinajstić information content (AvgIpc) is 3.57. The highest BCUT2D eigenvalue weighted by Crippen LogP contribution is 2.64. The van der Waals surface area contributed by atoms with Gasteiger partial charge in [0.15, 0.2) is 0 Å². The molecule has 0 saturated carbocycles. The summed E-state index contributed by atoms with van der Waals surface area (Å²) in [6.07, 6.45) is 8.00. The van der Waals surface area contributed by atoms with Gasteiger partial charge in [-0.2, -0.15) is 0 Å². The van der Waals surface area contributed by atoms with Crippen LogP contribution in [0.3, 0.4) is 0 Å². The predicted molar refractivity (Wildman–Crippen MR) is 149 cm³/mol. The standard InChI is InChI=1S/C30H47N3O7/c1-4-7-8-9-20-39-28(37)24-23-26(35)33(14-10-19-34)25(30(23)12-11-29(24,6-3)40-30)27(36)32(13-5-2)16-15-31-17-21-38-22-18-31/h4-5,23-25,34H,1-2,6-22H2,3H3/t23-,24+,25?,29-,30?/m0/s1. The van der Waals surface area contributed by atoms with E-state index in [-0.39, 0.29) is 31.6 Å². The fraction of sp³-hybridized carbons (Fsp3) is 0.767. The predicted octanol–water partition coefficient (Wildman–Crippen LogP) is 1.77. The van der Waals surface area contributed by atoms with Crippen LogP contribution < -0.4 is 0 Å². The first-order valence-electron chi connectivity index (χ1n) is 15.0. The molecule has 4 heterocycles. The number of carbonyl (C=O) groups excluding carboxylic acids is 3. The van der Waals surface area contributed by atoms with Gasteiger partial charge in [0.25, 0.3) is 0 Å². The number of ether oxygens (including phenoxy) is 3. The second kappa shape index (κ2) is 13.6. The minimum Gasteiger partial charge on any atom is -0.465 e. The van der Waals surface area contributed by atoms with E-state index in [0.29, 0.717) is 58.5 Å². The molecule has 4 saturated heterocycles. The van der Waals surface area contributed by atoms with Crippen LogP contribution in [0.5, 0.6) is 0 Å². The molecule has 4 aliphatic heterocycles. The molecule has 4 aliphatic rings. The Labute approximate surface area is 238 Å². The summed E-state index contributed by atoms with van der Waals surface area (Å²) in [5.41, 5.74) is -1.91. The Kier molecular flexibility index (Phi) is 10.4. The van der Waals surface area contributed by atoms with E-state index < -0.39 is 35.0 Å². The number of likely N-dealkylation sites (tertiary alicyclic amines) is 1. The van der Waals surface area contributed by atoms with E-state index in [1.165, 1.54) is 0 Å². The minimum absolute atomic E-state index is 0.105. The molecule has 1 N–H and O–H groups in total. The Bertz CT molecular complexity index is 938. The van der Waals surface area contributed by atoms with Crippen LogP contribution >= 0.6 is 0 Å². The second-order valence-electron chi connectivity index (χ2n) is 11.4. The van der Waals surface area contributed by atoms with Crippen molar-refractivity contribution in [2.75, 3.05) is 65.7 Å². The average molecular weight is 562 g/mol. The maximum atomic E-state index is 14.4. The minimum atomic E-state index is -1.09. The van der Waals surface area contributed by atoms with Crippen LogP contribution in [0.25, 0.3) is 0 Å². The monoisotopic (exact) mass is 561 g/mol. The van der Waals surface area contributed by atoms with E-state index in [0.717, 1.165) is 32.4 Å². The molecule has 4 rings (SSSR count). The van der Waals surface area contributed by atoms with E-state index in [1.54, 1.807) is 15.9 Å². The smallest absolute Gasteiger partial charge is 0.312 e. The van der Waals surface area contributed by atoms with Gasteiger partial charge in [0.05, 0.1) is 31.3 Å². The van der Waals surface area contributed by atoms with Crippen LogP contribution in [0.2, 0.25) is 0 Å². The first kappa shape index (κ1) is 30.7. The Morgan fingerprint density at radius 3 is 2.60 bits per heavy atom. The van der Waals surface area contributed by atoms with Crippen molar-refractivity contribution in [2.45, 2.75) is 69.1 Å². The fourth-order valence-electron chi connectivity index (χ4n) is 7.20. The molecule has 10 nitrogen and oxygen atoms in total. The number of allylic oxidation sites excluding steroid dienone is 1. The van der Waals surface area contributed by atoms with Gasteiger partial charge in [-0.3, -0.25) is 19.3 Å². The summed E-state index contributed by atoms with van der Waals surface area (Å²) >= 11 is 0. The Morgan fingerprint density at radius 1 is 1.15 bits per heavy atom. The molecule has 2 amide bonds. The second-order valence-corrected chi connectivity index (χ2v) is 11.4. The lowest BCUT2D eigenvalue weighted by Crippen LogP contribution is -2.57.